The van der Waals surface area contributed by atoms with Gasteiger partial charge in [0, 0.05) is 16.0 Å². The van der Waals surface area contributed by atoms with Gasteiger partial charge in [-0.05, 0) is 60.2 Å². The number of rotatable bonds is 7. The number of methoxy groups -OCH3 is 1. The van der Waals surface area contributed by atoms with Crippen LogP contribution in [0.2, 0.25) is 10.0 Å². The average molecular weight is 498 g/mol. The fourth-order valence-electron chi connectivity index (χ4n) is 2.91. The van der Waals surface area contributed by atoms with Gasteiger partial charge in [-0.3, -0.25) is 5.43 Å². The lowest BCUT2D eigenvalue weighted by Crippen LogP contribution is -2.10. The standard InChI is InChI=1S/C24H17Cl2N3O3S/c1-31-22-5-3-2-4-19(22)23(30)32-17-9-6-15(7-10-17)13-27-29-24-28-21(14-33-24)18-11-8-16(25)12-20(18)26/h2-14H,1H3,(H,28,29)/b27-13-. The Kier molecular flexibility index (Phi) is 7.24. The number of hydrazone groups is 1. The van der Waals surface area contributed by atoms with Crippen molar-refractivity contribution in [1.29, 1.82) is 0 Å². The zero-order chi connectivity index (χ0) is 23.2. The third-order valence-electron chi connectivity index (χ3n) is 4.50. The number of carbonyl (C=O) groups is 1. The maximum Gasteiger partial charge on any atom is 0.347 e. The second-order valence-corrected chi connectivity index (χ2v) is 8.39. The van der Waals surface area contributed by atoms with Gasteiger partial charge in [0.15, 0.2) is 0 Å². The third-order valence-corrected chi connectivity index (χ3v) is 5.80. The van der Waals surface area contributed by atoms with Crippen molar-refractivity contribution in [1.82, 2.24) is 4.98 Å². The molecule has 0 amide bonds. The lowest BCUT2D eigenvalue weighted by molar-refractivity contribution is 0.0731. The minimum absolute atomic E-state index is 0.359. The predicted octanol–water partition coefficient (Wildman–Crippen LogP) is 6.79. The van der Waals surface area contributed by atoms with Gasteiger partial charge in [0.1, 0.15) is 17.1 Å². The Morgan fingerprint density at radius 2 is 1.88 bits per heavy atom. The molecule has 0 aliphatic carbocycles. The van der Waals surface area contributed by atoms with Crippen LogP contribution in [0.5, 0.6) is 11.5 Å². The molecular weight excluding hydrogens is 481 g/mol. The maximum atomic E-state index is 12.4. The molecule has 6 nitrogen and oxygen atoms in total. The number of nitrogens with one attached hydrogen (secondary N) is 1. The summed E-state index contributed by atoms with van der Waals surface area (Å²) >= 11 is 13.6. The van der Waals surface area contributed by atoms with E-state index in [9.17, 15) is 4.79 Å². The quantitative estimate of drug-likeness (QED) is 0.131. The molecule has 1 heterocycles. The molecule has 0 aliphatic heterocycles. The van der Waals surface area contributed by atoms with Crippen molar-refractivity contribution < 1.29 is 14.3 Å². The summed E-state index contributed by atoms with van der Waals surface area (Å²) in [4.78, 5) is 16.9. The largest absolute Gasteiger partial charge is 0.496 e. The van der Waals surface area contributed by atoms with Crippen molar-refractivity contribution in [3.05, 3.63) is 93.3 Å². The molecule has 4 rings (SSSR count). The maximum absolute atomic E-state index is 12.4. The Bertz CT molecular complexity index is 1310. The Morgan fingerprint density at radius 3 is 2.64 bits per heavy atom. The van der Waals surface area contributed by atoms with Gasteiger partial charge in [0.2, 0.25) is 5.13 Å². The van der Waals surface area contributed by atoms with E-state index in [0.29, 0.717) is 32.2 Å². The molecular formula is C24H17Cl2N3O3S. The summed E-state index contributed by atoms with van der Waals surface area (Å²) < 4.78 is 10.6. The van der Waals surface area contributed by atoms with Crippen LogP contribution in [0.4, 0.5) is 5.13 Å². The van der Waals surface area contributed by atoms with Gasteiger partial charge in [-0.1, -0.05) is 35.3 Å². The van der Waals surface area contributed by atoms with Crippen LogP contribution in [0, 0.1) is 0 Å². The molecule has 0 atom stereocenters. The Morgan fingerprint density at radius 1 is 1.09 bits per heavy atom. The molecule has 1 aromatic heterocycles. The van der Waals surface area contributed by atoms with Crippen LogP contribution in [0.3, 0.4) is 0 Å². The Hall–Kier alpha value is -3.39. The number of carbonyl (C=O) groups excluding carboxylic acids is 1. The third kappa shape index (κ3) is 5.70. The molecule has 1 N–H and O–H groups in total. The van der Waals surface area contributed by atoms with Crippen LogP contribution < -0.4 is 14.9 Å². The molecule has 0 saturated heterocycles. The smallest absolute Gasteiger partial charge is 0.347 e. The van der Waals surface area contributed by atoms with E-state index in [-0.39, 0.29) is 0 Å². The van der Waals surface area contributed by atoms with E-state index in [4.69, 9.17) is 32.7 Å². The van der Waals surface area contributed by atoms with Crippen molar-refractivity contribution >= 4 is 51.9 Å². The molecule has 0 bridgehead atoms. The number of ether oxygens (including phenoxy) is 2. The van der Waals surface area contributed by atoms with Gasteiger partial charge < -0.3 is 9.47 Å². The van der Waals surface area contributed by atoms with Crippen LogP contribution in [0.1, 0.15) is 15.9 Å². The van der Waals surface area contributed by atoms with Crippen molar-refractivity contribution in [3.63, 3.8) is 0 Å². The summed E-state index contributed by atoms with van der Waals surface area (Å²) in [6.07, 6.45) is 1.64. The number of halogens is 2. The number of hydrogen-bond acceptors (Lipinski definition) is 7. The average Bonchev–Trinajstić information content (AvgIpc) is 3.28. The van der Waals surface area contributed by atoms with E-state index in [2.05, 4.69) is 15.5 Å². The van der Waals surface area contributed by atoms with E-state index in [1.165, 1.54) is 18.4 Å². The highest BCUT2D eigenvalue weighted by atomic mass is 35.5. The van der Waals surface area contributed by atoms with E-state index in [1.807, 2.05) is 11.4 Å². The normalized spacial score (nSPS) is 10.9. The first-order chi connectivity index (χ1) is 16.0. The number of thiazole rings is 1. The molecule has 0 saturated carbocycles. The molecule has 4 aromatic rings. The van der Waals surface area contributed by atoms with Crippen molar-refractivity contribution in [2.45, 2.75) is 0 Å². The summed E-state index contributed by atoms with van der Waals surface area (Å²) in [5.41, 5.74) is 5.61. The van der Waals surface area contributed by atoms with E-state index in [1.54, 1.807) is 66.9 Å². The number of aromatic nitrogens is 1. The SMILES string of the molecule is COc1ccccc1C(=O)Oc1ccc(/C=N\Nc2nc(-c3ccc(Cl)cc3Cl)cs2)cc1. The molecule has 33 heavy (non-hydrogen) atoms. The predicted molar refractivity (Wildman–Crippen MR) is 133 cm³/mol. The molecule has 9 heteroatoms. The van der Waals surface area contributed by atoms with Crippen molar-refractivity contribution in [3.8, 4) is 22.8 Å². The van der Waals surface area contributed by atoms with Gasteiger partial charge in [-0.25, -0.2) is 9.78 Å². The number of anilines is 1. The summed E-state index contributed by atoms with van der Waals surface area (Å²) in [6, 6.07) is 19.1. The number of benzene rings is 3. The van der Waals surface area contributed by atoms with Crippen LogP contribution in [-0.2, 0) is 0 Å². The van der Waals surface area contributed by atoms with Crippen molar-refractivity contribution in [2.75, 3.05) is 12.5 Å². The van der Waals surface area contributed by atoms with E-state index in [0.717, 1.165) is 16.8 Å². The first-order valence-corrected chi connectivity index (χ1v) is 11.3. The molecule has 0 fully saturated rings. The molecule has 166 valence electrons. The Balaban J connectivity index is 1.36. The lowest BCUT2D eigenvalue weighted by atomic mass is 10.2. The molecule has 3 aromatic carbocycles. The lowest BCUT2D eigenvalue weighted by Gasteiger charge is -2.08. The zero-order valence-corrected chi connectivity index (χ0v) is 19.6. The number of nitrogens with zero attached hydrogens (tertiary/aromatic N) is 2. The van der Waals surface area contributed by atoms with Crippen molar-refractivity contribution in [2.24, 2.45) is 5.10 Å². The van der Waals surface area contributed by atoms with Crippen LogP contribution in [-0.4, -0.2) is 24.3 Å². The number of para-hydroxylation sites is 1. The zero-order valence-electron chi connectivity index (χ0n) is 17.3. The summed E-state index contributed by atoms with van der Waals surface area (Å²) in [5.74, 6) is 0.386. The molecule has 0 unspecified atom stereocenters. The minimum Gasteiger partial charge on any atom is -0.496 e. The fraction of sp³-hybridized carbons (Fsp3) is 0.0417. The minimum atomic E-state index is -0.490. The summed E-state index contributed by atoms with van der Waals surface area (Å²) in [6.45, 7) is 0. The number of esters is 1. The molecule has 0 radical (unpaired) electrons. The molecule has 0 spiro atoms. The molecule has 0 aliphatic rings. The topological polar surface area (TPSA) is 72.8 Å². The van der Waals surface area contributed by atoms with Gasteiger partial charge in [0.05, 0.1) is 24.0 Å². The first-order valence-electron chi connectivity index (χ1n) is 9.69. The number of hydrogen-bond donors (Lipinski definition) is 1. The second-order valence-electron chi connectivity index (χ2n) is 6.69. The summed E-state index contributed by atoms with van der Waals surface area (Å²) in [7, 11) is 1.51. The van der Waals surface area contributed by atoms with Gasteiger partial charge >= 0.3 is 5.97 Å². The highest BCUT2D eigenvalue weighted by molar-refractivity contribution is 7.14. The van der Waals surface area contributed by atoms with Crippen LogP contribution >= 0.6 is 34.5 Å². The highest BCUT2D eigenvalue weighted by Crippen LogP contribution is 2.32. The van der Waals surface area contributed by atoms with E-state index >= 15 is 0 Å². The van der Waals surface area contributed by atoms with E-state index < -0.39 is 5.97 Å². The monoisotopic (exact) mass is 497 g/mol. The highest BCUT2D eigenvalue weighted by Gasteiger charge is 2.14. The van der Waals surface area contributed by atoms with Gasteiger partial charge in [0.25, 0.3) is 0 Å². The van der Waals surface area contributed by atoms with Gasteiger partial charge in [-0.2, -0.15) is 5.10 Å². The first kappa shape index (κ1) is 22.8. The van der Waals surface area contributed by atoms with Crippen LogP contribution in [0.15, 0.2) is 77.2 Å². The van der Waals surface area contributed by atoms with Gasteiger partial charge in [-0.15, -0.1) is 11.3 Å². The van der Waals surface area contributed by atoms with Crippen LogP contribution in [0.25, 0.3) is 11.3 Å². The Labute approximate surface area is 204 Å². The summed E-state index contributed by atoms with van der Waals surface area (Å²) in [5, 5.41) is 7.83. The fourth-order valence-corrected chi connectivity index (χ4v) is 4.07. The second kappa shape index (κ2) is 10.5.